The van der Waals surface area contributed by atoms with Gasteiger partial charge in [-0.3, -0.25) is 9.59 Å². The maximum Gasteiger partial charge on any atom is 0.256 e. The number of fused-ring (bicyclic) bond motifs is 1. The van der Waals surface area contributed by atoms with E-state index in [0.717, 1.165) is 29.0 Å². The van der Waals surface area contributed by atoms with Crippen LogP contribution in [0, 0.1) is 12.7 Å². The standard InChI is InChI=1S/C29H23FN6O2/c1-3-26(37)33-24-10-6-7-11-25(24)34-27-22(30)16-31-29(36-27)32-19-12-13-23-20(15-19)21(28(38)35-23)14-18-9-5-4-8-17(18)2/h3-16H,1H2,2H3,(H,33,37)(H,35,38)(H2,31,32,34,36)/b21-14-. The van der Waals surface area contributed by atoms with Crippen molar-refractivity contribution in [3.63, 3.8) is 0 Å². The molecule has 0 radical (unpaired) electrons. The molecule has 0 aliphatic carbocycles. The van der Waals surface area contributed by atoms with Crippen LogP contribution < -0.4 is 21.3 Å². The molecule has 2 amide bonds. The molecule has 3 aromatic carbocycles. The van der Waals surface area contributed by atoms with Crippen LogP contribution in [0.1, 0.15) is 16.7 Å². The predicted molar refractivity (Wildman–Crippen MR) is 148 cm³/mol. The number of aromatic nitrogens is 2. The average molecular weight is 507 g/mol. The van der Waals surface area contributed by atoms with Gasteiger partial charge in [-0.25, -0.2) is 9.37 Å². The molecule has 0 saturated carbocycles. The Morgan fingerprint density at radius 1 is 1.03 bits per heavy atom. The molecule has 38 heavy (non-hydrogen) atoms. The summed E-state index contributed by atoms with van der Waals surface area (Å²) in [5, 5.41) is 11.5. The monoisotopic (exact) mass is 506 g/mol. The zero-order valence-electron chi connectivity index (χ0n) is 20.4. The normalized spacial score (nSPS) is 13.0. The molecule has 0 saturated heterocycles. The molecule has 0 atom stereocenters. The van der Waals surface area contributed by atoms with Crippen LogP contribution in [-0.2, 0) is 9.59 Å². The van der Waals surface area contributed by atoms with Gasteiger partial charge in [0, 0.05) is 22.5 Å². The lowest BCUT2D eigenvalue weighted by Gasteiger charge is -2.13. The number of halogens is 1. The minimum atomic E-state index is -0.674. The van der Waals surface area contributed by atoms with E-state index in [1.54, 1.807) is 36.4 Å². The quantitative estimate of drug-likeness (QED) is 0.228. The fourth-order valence-corrected chi connectivity index (χ4v) is 3.97. The fourth-order valence-electron chi connectivity index (χ4n) is 3.97. The maximum atomic E-state index is 14.6. The number of nitrogens with zero attached hydrogens (tertiary/aromatic N) is 2. The molecule has 4 N–H and O–H groups in total. The second kappa shape index (κ2) is 10.4. The van der Waals surface area contributed by atoms with Gasteiger partial charge >= 0.3 is 0 Å². The summed E-state index contributed by atoms with van der Waals surface area (Å²) in [4.78, 5) is 32.8. The van der Waals surface area contributed by atoms with Crippen LogP contribution in [0.3, 0.4) is 0 Å². The number of para-hydroxylation sites is 2. The lowest BCUT2D eigenvalue weighted by Crippen LogP contribution is -2.10. The topological polar surface area (TPSA) is 108 Å². The summed E-state index contributed by atoms with van der Waals surface area (Å²) < 4.78 is 14.6. The molecule has 0 fully saturated rings. The van der Waals surface area contributed by atoms with Crippen LogP contribution in [-0.4, -0.2) is 21.8 Å². The van der Waals surface area contributed by atoms with Crippen LogP contribution in [0.2, 0.25) is 0 Å². The van der Waals surface area contributed by atoms with Crippen LogP contribution in [0.25, 0.3) is 11.6 Å². The Labute approximate surface area is 218 Å². The highest BCUT2D eigenvalue weighted by molar-refractivity contribution is 6.35. The van der Waals surface area contributed by atoms with Crippen molar-refractivity contribution in [2.45, 2.75) is 6.92 Å². The smallest absolute Gasteiger partial charge is 0.256 e. The van der Waals surface area contributed by atoms with E-state index in [9.17, 15) is 14.0 Å². The summed E-state index contributed by atoms with van der Waals surface area (Å²) in [5.74, 6) is -1.20. The summed E-state index contributed by atoms with van der Waals surface area (Å²) in [6.45, 7) is 5.43. The first-order chi connectivity index (χ1) is 18.4. The lowest BCUT2D eigenvalue weighted by molar-refractivity contribution is -0.112. The molecule has 8 nitrogen and oxygen atoms in total. The van der Waals surface area contributed by atoms with Crippen molar-refractivity contribution in [3.05, 3.63) is 108 Å². The fraction of sp³-hybridized carbons (Fsp3) is 0.0345. The van der Waals surface area contributed by atoms with Crippen molar-refractivity contribution in [2.75, 3.05) is 21.3 Å². The molecule has 4 aromatic rings. The largest absolute Gasteiger partial charge is 0.336 e. The first kappa shape index (κ1) is 24.4. The molecule has 1 aromatic heterocycles. The van der Waals surface area contributed by atoms with Gasteiger partial charge in [-0.15, -0.1) is 0 Å². The molecule has 1 aliphatic rings. The van der Waals surface area contributed by atoms with Gasteiger partial charge in [-0.2, -0.15) is 4.98 Å². The van der Waals surface area contributed by atoms with E-state index < -0.39 is 11.7 Å². The first-order valence-electron chi connectivity index (χ1n) is 11.7. The van der Waals surface area contributed by atoms with E-state index >= 15 is 0 Å². The molecule has 188 valence electrons. The third-order valence-corrected chi connectivity index (χ3v) is 5.91. The van der Waals surface area contributed by atoms with Crippen molar-refractivity contribution in [2.24, 2.45) is 0 Å². The molecule has 1 aliphatic heterocycles. The van der Waals surface area contributed by atoms with E-state index in [-0.39, 0.29) is 17.7 Å². The molecule has 5 rings (SSSR count). The molecule has 0 spiro atoms. The molecular formula is C29H23FN6O2. The van der Waals surface area contributed by atoms with Crippen LogP contribution in [0.4, 0.5) is 38.9 Å². The Balaban J connectivity index is 1.41. The molecule has 0 bridgehead atoms. The van der Waals surface area contributed by atoms with Gasteiger partial charge < -0.3 is 21.3 Å². The van der Waals surface area contributed by atoms with Crippen LogP contribution in [0.15, 0.2) is 85.6 Å². The minimum absolute atomic E-state index is 0.0825. The van der Waals surface area contributed by atoms with Gasteiger partial charge in [0.05, 0.1) is 17.6 Å². The summed E-state index contributed by atoms with van der Waals surface area (Å²) in [6.07, 6.45) is 4.05. The number of anilines is 6. The van der Waals surface area contributed by atoms with E-state index in [4.69, 9.17) is 0 Å². The number of hydrogen-bond donors (Lipinski definition) is 4. The minimum Gasteiger partial charge on any atom is -0.336 e. The summed E-state index contributed by atoms with van der Waals surface area (Å²) in [5.41, 5.74) is 5.47. The third kappa shape index (κ3) is 5.12. The van der Waals surface area contributed by atoms with Crippen molar-refractivity contribution >= 4 is 58.0 Å². The Morgan fingerprint density at radius 2 is 1.79 bits per heavy atom. The van der Waals surface area contributed by atoms with Gasteiger partial charge in [0.2, 0.25) is 11.9 Å². The predicted octanol–water partition coefficient (Wildman–Crippen LogP) is 6.03. The number of nitrogens with one attached hydrogen (secondary N) is 4. The second-order valence-corrected chi connectivity index (χ2v) is 8.51. The van der Waals surface area contributed by atoms with Crippen molar-refractivity contribution in [1.29, 1.82) is 0 Å². The Kier molecular flexibility index (Phi) is 6.65. The van der Waals surface area contributed by atoms with Gasteiger partial charge in [-0.1, -0.05) is 43.0 Å². The Morgan fingerprint density at radius 3 is 2.58 bits per heavy atom. The van der Waals surface area contributed by atoms with E-state index in [1.807, 2.05) is 43.3 Å². The SMILES string of the molecule is C=CC(=O)Nc1ccccc1Nc1nc(Nc2ccc3c(c2)/C(=C/c2ccccc2C)C(=O)N3)ncc1F. The number of rotatable bonds is 7. The highest BCUT2D eigenvalue weighted by atomic mass is 19.1. The number of hydrogen-bond acceptors (Lipinski definition) is 6. The Bertz CT molecular complexity index is 1610. The van der Waals surface area contributed by atoms with E-state index in [2.05, 4.69) is 37.8 Å². The highest BCUT2D eigenvalue weighted by Gasteiger charge is 2.24. The Hall–Kier alpha value is -5.31. The average Bonchev–Trinajstić information content (AvgIpc) is 3.22. The van der Waals surface area contributed by atoms with Crippen LogP contribution >= 0.6 is 0 Å². The van der Waals surface area contributed by atoms with Gasteiger partial charge in [0.1, 0.15) is 0 Å². The van der Waals surface area contributed by atoms with Crippen LogP contribution in [0.5, 0.6) is 0 Å². The second-order valence-electron chi connectivity index (χ2n) is 8.51. The van der Waals surface area contributed by atoms with E-state index in [0.29, 0.717) is 28.3 Å². The number of amides is 2. The van der Waals surface area contributed by atoms with Gasteiger partial charge in [0.25, 0.3) is 5.91 Å². The molecule has 2 heterocycles. The number of carbonyl (C=O) groups excluding carboxylic acids is 2. The zero-order chi connectivity index (χ0) is 26.6. The van der Waals surface area contributed by atoms with Gasteiger partial charge in [0.15, 0.2) is 11.6 Å². The van der Waals surface area contributed by atoms with Crippen molar-refractivity contribution < 1.29 is 14.0 Å². The van der Waals surface area contributed by atoms with Crippen molar-refractivity contribution in [1.82, 2.24) is 9.97 Å². The number of carbonyl (C=O) groups is 2. The third-order valence-electron chi connectivity index (χ3n) is 5.91. The molecule has 9 heteroatoms. The van der Waals surface area contributed by atoms with E-state index in [1.165, 1.54) is 0 Å². The highest BCUT2D eigenvalue weighted by Crippen LogP contribution is 2.36. The summed E-state index contributed by atoms with van der Waals surface area (Å²) in [6, 6.07) is 20.0. The summed E-state index contributed by atoms with van der Waals surface area (Å²) >= 11 is 0. The van der Waals surface area contributed by atoms with Crippen molar-refractivity contribution in [3.8, 4) is 0 Å². The lowest BCUT2D eigenvalue weighted by atomic mass is 10.0. The maximum absolute atomic E-state index is 14.6. The zero-order valence-corrected chi connectivity index (χ0v) is 20.4. The summed E-state index contributed by atoms with van der Waals surface area (Å²) in [7, 11) is 0. The number of aryl methyl sites for hydroxylation is 1. The number of benzene rings is 3. The first-order valence-corrected chi connectivity index (χ1v) is 11.7. The molecule has 0 unspecified atom stereocenters. The molecular weight excluding hydrogens is 483 g/mol. The van der Waals surface area contributed by atoms with Gasteiger partial charge in [-0.05, 0) is 60.5 Å².